The lowest BCUT2D eigenvalue weighted by molar-refractivity contribution is 0.148. The summed E-state index contributed by atoms with van der Waals surface area (Å²) in [6.45, 7) is 5.44. The van der Waals surface area contributed by atoms with Crippen molar-refractivity contribution in [3.8, 4) is 17.1 Å². The van der Waals surface area contributed by atoms with Crippen LogP contribution in [0.3, 0.4) is 0 Å². The van der Waals surface area contributed by atoms with E-state index in [0.29, 0.717) is 5.88 Å². The average Bonchev–Trinajstić information content (AvgIpc) is 2.69. The maximum Gasteiger partial charge on any atom is 0.223 e. The monoisotopic (exact) mass is 348 g/mol. The highest BCUT2D eigenvalue weighted by Crippen LogP contribution is 2.30. The first kappa shape index (κ1) is 16.9. The Morgan fingerprint density at radius 2 is 1.85 bits per heavy atom. The van der Waals surface area contributed by atoms with Gasteiger partial charge in [-0.2, -0.15) is 0 Å². The minimum absolute atomic E-state index is 0.614. The Morgan fingerprint density at radius 1 is 1.04 bits per heavy atom. The van der Waals surface area contributed by atoms with Crippen LogP contribution in [0.2, 0.25) is 0 Å². The van der Waals surface area contributed by atoms with Crippen LogP contribution in [0.25, 0.3) is 22.2 Å². The first-order chi connectivity index (χ1) is 12.7. The molecule has 0 aliphatic carbocycles. The van der Waals surface area contributed by atoms with Crippen molar-refractivity contribution in [2.24, 2.45) is 0 Å². The summed E-state index contributed by atoms with van der Waals surface area (Å²) in [6.07, 6.45) is 1.97. The average molecular weight is 348 g/mol. The van der Waals surface area contributed by atoms with Crippen LogP contribution in [0.4, 0.5) is 0 Å². The number of para-hydroxylation sites is 1. The van der Waals surface area contributed by atoms with Crippen molar-refractivity contribution in [1.82, 2.24) is 19.8 Å². The molecule has 0 bridgehead atoms. The Morgan fingerprint density at radius 3 is 2.58 bits per heavy atom. The summed E-state index contributed by atoms with van der Waals surface area (Å²) in [5.41, 5.74) is 3.99. The van der Waals surface area contributed by atoms with Gasteiger partial charge in [-0.05, 0) is 30.8 Å². The molecular weight excluding hydrogens is 324 g/mol. The van der Waals surface area contributed by atoms with E-state index in [0.717, 1.165) is 54.9 Å². The third-order valence-electron chi connectivity index (χ3n) is 4.99. The summed E-state index contributed by atoms with van der Waals surface area (Å²) in [5, 5.41) is 1.09. The molecule has 3 aromatic rings. The van der Waals surface area contributed by atoms with Crippen LogP contribution in [0.15, 0.2) is 48.7 Å². The molecule has 3 heterocycles. The van der Waals surface area contributed by atoms with E-state index in [1.165, 1.54) is 5.56 Å². The minimum atomic E-state index is 0.614. The molecule has 0 N–H and O–H groups in total. The smallest absolute Gasteiger partial charge is 0.223 e. The van der Waals surface area contributed by atoms with Crippen LogP contribution in [-0.4, -0.2) is 60.1 Å². The molecule has 1 aromatic carbocycles. The molecule has 134 valence electrons. The van der Waals surface area contributed by atoms with E-state index in [-0.39, 0.29) is 0 Å². The van der Waals surface area contributed by atoms with E-state index in [1.54, 1.807) is 7.11 Å². The van der Waals surface area contributed by atoms with Crippen molar-refractivity contribution in [1.29, 1.82) is 0 Å². The van der Waals surface area contributed by atoms with Gasteiger partial charge in [-0.25, -0.2) is 4.98 Å². The summed E-state index contributed by atoms with van der Waals surface area (Å²) in [4.78, 5) is 14.2. The highest BCUT2D eigenvalue weighted by Gasteiger charge is 2.15. The van der Waals surface area contributed by atoms with Crippen LogP contribution < -0.4 is 4.74 Å². The molecule has 26 heavy (non-hydrogen) atoms. The zero-order valence-corrected chi connectivity index (χ0v) is 15.4. The number of nitrogens with zero attached hydrogens (tertiary/aromatic N) is 4. The Labute approximate surface area is 154 Å². The summed E-state index contributed by atoms with van der Waals surface area (Å²) in [6, 6.07) is 14.4. The third kappa shape index (κ3) is 3.54. The van der Waals surface area contributed by atoms with E-state index in [2.05, 4.69) is 51.1 Å². The van der Waals surface area contributed by atoms with Gasteiger partial charge in [-0.1, -0.05) is 24.3 Å². The number of pyridine rings is 2. The van der Waals surface area contributed by atoms with Crippen LogP contribution in [0.5, 0.6) is 5.88 Å². The van der Waals surface area contributed by atoms with Gasteiger partial charge in [0.2, 0.25) is 5.88 Å². The van der Waals surface area contributed by atoms with Crippen molar-refractivity contribution < 1.29 is 4.74 Å². The van der Waals surface area contributed by atoms with E-state index >= 15 is 0 Å². The Bertz CT molecular complexity index is 886. The molecule has 1 saturated heterocycles. The van der Waals surface area contributed by atoms with Gasteiger partial charge < -0.3 is 9.64 Å². The van der Waals surface area contributed by atoms with Gasteiger partial charge in [0, 0.05) is 44.3 Å². The normalized spacial score (nSPS) is 16.1. The maximum atomic E-state index is 5.51. The van der Waals surface area contributed by atoms with Gasteiger partial charge in [-0.3, -0.25) is 9.88 Å². The fourth-order valence-corrected chi connectivity index (χ4v) is 3.38. The molecule has 0 amide bonds. The molecule has 1 aliphatic heterocycles. The van der Waals surface area contributed by atoms with Crippen LogP contribution in [0.1, 0.15) is 5.56 Å². The topological polar surface area (TPSA) is 41.5 Å². The third-order valence-corrected chi connectivity index (χ3v) is 4.99. The summed E-state index contributed by atoms with van der Waals surface area (Å²) < 4.78 is 5.51. The zero-order chi connectivity index (χ0) is 17.9. The molecule has 5 nitrogen and oxygen atoms in total. The van der Waals surface area contributed by atoms with Crippen LogP contribution in [-0.2, 0) is 6.54 Å². The molecule has 1 aliphatic rings. The van der Waals surface area contributed by atoms with Gasteiger partial charge in [0.15, 0.2) is 0 Å². The number of likely N-dealkylation sites (N-methyl/N-ethyl adjacent to an activating group) is 1. The summed E-state index contributed by atoms with van der Waals surface area (Å²) in [5.74, 6) is 0.614. The number of piperazine rings is 1. The molecule has 0 spiro atoms. The molecule has 2 aromatic heterocycles. The molecule has 0 saturated carbocycles. The fourth-order valence-electron chi connectivity index (χ4n) is 3.38. The maximum absolute atomic E-state index is 5.51. The molecular formula is C21H24N4O. The summed E-state index contributed by atoms with van der Waals surface area (Å²) in [7, 11) is 3.83. The van der Waals surface area contributed by atoms with Gasteiger partial charge in [0.05, 0.1) is 23.9 Å². The lowest BCUT2D eigenvalue weighted by Crippen LogP contribution is -2.43. The predicted octanol–water partition coefficient (Wildman–Crippen LogP) is 3.05. The SMILES string of the molecule is COc1nc2ccccc2cc1-c1ccc(CN2CCN(C)CC2)cn1. The number of hydrogen-bond acceptors (Lipinski definition) is 5. The molecule has 0 atom stereocenters. The predicted molar refractivity (Wildman–Crippen MR) is 104 cm³/mol. The lowest BCUT2D eigenvalue weighted by atomic mass is 10.1. The summed E-state index contributed by atoms with van der Waals surface area (Å²) >= 11 is 0. The number of methoxy groups -OCH3 is 1. The quantitative estimate of drug-likeness (QED) is 0.725. The Hall–Kier alpha value is -2.50. The number of rotatable bonds is 4. The Balaban J connectivity index is 1.57. The Kier molecular flexibility index (Phi) is 4.82. The first-order valence-electron chi connectivity index (χ1n) is 9.03. The van der Waals surface area contributed by atoms with Gasteiger partial charge in [-0.15, -0.1) is 0 Å². The van der Waals surface area contributed by atoms with E-state index < -0.39 is 0 Å². The van der Waals surface area contributed by atoms with E-state index in [1.807, 2.05) is 24.4 Å². The van der Waals surface area contributed by atoms with E-state index in [9.17, 15) is 0 Å². The minimum Gasteiger partial charge on any atom is -0.480 e. The standard InChI is InChI=1S/C21H24N4O/c1-24-9-11-25(12-10-24)15-16-7-8-20(22-14-16)18-13-17-5-3-4-6-19(17)23-21(18)26-2/h3-8,13-14H,9-12,15H2,1-2H3. The molecule has 4 rings (SSSR count). The number of fused-ring (bicyclic) bond motifs is 1. The van der Waals surface area contributed by atoms with E-state index in [4.69, 9.17) is 4.74 Å². The van der Waals surface area contributed by atoms with Crippen molar-refractivity contribution in [2.75, 3.05) is 40.3 Å². The van der Waals surface area contributed by atoms with Crippen LogP contribution in [0, 0.1) is 0 Å². The molecule has 0 radical (unpaired) electrons. The van der Waals surface area contributed by atoms with Crippen molar-refractivity contribution in [2.45, 2.75) is 6.54 Å². The second-order valence-electron chi connectivity index (χ2n) is 6.87. The zero-order valence-electron chi connectivity index (χ0n) is 15.4. The van der Waals surface area contributed by atoms with Crippen molar-refractivity contribution in [3.63, 3.8) is 0 Å². The van der Waals surface area contributed by atoms with Gasteiger partial charge in [0.1, 0.15) is 0 Å². The number of ether oxygens (including phenoxy) is 1. The van der Waals surface area contributed by atoms with Crippen LogP contribution >= 0.6 is 0 Å². The highest BCUT2D eigenvalue weighted by molar-refractivity contribution is 5.85. The van der Waals surface area contributed by atoms with Crippen molar-refractivity contribution >= 4 is 10.9 Å². The number of benzene rings is 1. The second kappa shape index (κ2) is 7.40. The van der Waals surface area contributed by atoms with Gasteiger partial charge >= 0.3 is 0 Å². The molecule has 1 fully saturated rings. The fraction of sp³-hybridized carbons (Fsp3) is 0.333. The second-order valence-corrected chi connectivity index (χ2v) is 6.87. The molecule has 0 unspecified atom stereocenters. The molecule has 5 heteroatoms. The van der Waals surface area contributed by atoms with Crippen molar-refractivity contribution in [3.05, 3.63) is 54.2 Å². The van der Waals surface area contributed by atoms with Gasteiger partial charge in [0.25, 0.3) is 0 Å². The number of hydrogen-bond donors (Lipinski definition) is 0. The highest BCUT2D eigenvalue weighted by atomic mass is 16.5. The first-order valence-corrected chi connectivity index (χ1v) is 9.03. The lowest BCUT2D eigenvalue weighted by Gasteiger charge is -2.32. The largest absolute Gasteiger partial charge is 0.480 e. The number of aromatic nitrogens is 2.